The molecule has 1 aromatic carbocycles. The van der Waals surface area contributed by atoms with Crippen molar-refractivity contribution in [3.8, 4) is 0 Å². The normalized spacial score (nSPS) is 12.9. The van der Waals surface area contributed by atoms with Gasteiger partial charge in [0.05, 0.1) is 12.3 Å². The highest BCUT2D eigenvalue weighted by Gasteiger charge is 2.21. The molecule has 1 aliphatic carbocycles. The van der Waals surface area contributed by atoms with E-state index in [-0.39, 0.29) is 23.2 Å². The number of aromatic nitrogens is 3. The summed E-state index contributed by atoms with van der Waals surface area (Å²) < 4.78 is 14.7. The van der Waals surface area contributed by atoms with E-state index in [1.165, 1.54) is 23.9 Å². The Morgan fingerprint density at radius 2 is 1.94 bits per heavy atom. The van der Waals surface area contributed by atoms with E-state index in [1.807, 2.05) is 12.1 Å². The molecule has 6 nitrogen and oxygen atoms in total. The lowest BCUT2D eigenvalue weighted by molar-refractivity contribution is -0.118. The maximum Gasteiger partial charge on any atom is 0.349 e. The number of carbonyl (C=O) groups excluding carboxylic acids is 1. The Balaban J connectivity index is 1.46. The zero-order valence-electron chi connectivity index (χ0n) is 17.0. The second-order valence-corrected chi connectivity index (χ2v) is 8.44. The van der Waals surface area contributed by atoms with Gasteiger partial charge in [-0.15, -0.1) is 0 Å². The SMILES string of the molecule is O=C(CSc1nc(=O)n(Cc2cccnc2)c2c1CCCC2)NCc1ccc(F)cc1. The van der Waals surface area contributed by atoms with Crippen LogP contribution in [0.1, 0.15) is 35.2 Å². The van der Waals surface area contributed by atoms with Gasteiger partial charge in [-0.2, -0.15) is 4.98 Å². The van der Waals surface area contributed by atoms with Crippen LogP contribution in [0.5, 0.6) is 0 Å². The Morgan fingerprint density at radius 3 is 2.71 bits per heavy atom. The number of rotatable bonds is 7. The molecule has 2 heterocycles. The third kappa shape index (κ3) is 5.38. The van der Waals surface area contributed by atoms with Crippen molar-refractivity contribution in [2.45, 2.75) is 43.8 Å². The topological polar surface area (TPSA) is 76.9 Å². The number of pyridine rings is 1. The first-order chi connectivity index (χ1) is 15.1. The van der Waals surface area contributed by atoms with E-state index in [1.54, 1.807) is 29.1 Å². The Hall–Kier alpha value is -3.00. The highest BCUT2D eigenvalue weighted by atomic mass is 32.2. The van der Waals surface area contributed by atoms with E-state index < -0.39 is 0 Å². The molecule has 0 atom stereocenters. The Morgan fingerprint density at radius 1 is 1.13 bits per heavy atom. The lowest BCUT2D eigenvalue weighted by atomic mass is 9.97. The monoisotopic (exact) mass is 438 g/mol. The van der Waals surface area contributed by atoms with Crippen molar-refractivity contribution in [1.82, 2.24) is 19.9 Å². The molecule has 0 fully saturated rings. The molecule has 31 heavy (non-hydrogen) atoms. The van der Waals surface area contributed by atoms with Gasteiger partial charge in [-0.3, -0.25) is 14.3 Å². The first-order valence-electron chi connectivity index (χ1n) is 10.3. The predicted molar refractivity (Wildman–Crippen MR) is 117 cm³/mol. The fourth-order valence-electron chi connectivity index (χ4n) is 3.69. The van der Waals surface area contributed by atoms with Gasteiger partial charge < -0.3 is 5.32 Å². The lowest BCUT2D eigenvalue weighted by Crippen LogP contribution is -2.31. The number of benzene rings is 1. The maximum absolute atomic E-state index is 13.0. The molecule has 0 aliphatic heterocycles. The van der Waals surface area contributed by atoms with E-state index >= 15 is 0 Å². The average Bonchev–Trinajstić information content (AvgIpc) is 2.80. The van der Waals surface area contributed by atoms with Crippen molar-refractivity contribution < 1.29 is 9.18 Å². The number of carbonyl (C=O) groups is 1. The summed E-state index contributed by atoms with van der Waals surface area (Å²) in [6.45, 7) is 0.781. The van der Waals surface area contributed by atoms with Crippen molar-refractivity contribution in [3.63, 3.8) is 0 Å². The molecular weight excluding hydrogens is 415 g/mol. The van der Waals surface area contributed by atoms with E-state index in [2.05, 4.69) is 15.3 Å². The first kappa shape index (κ1) is 21.2. The van der Waals surface area contributed by atoms with Crippen LogP contribution in [0.4, 0.5) is 4.39 Å². The molecule has 1 aliphatic rings. The minimum absolute atomic E-state index is 0.153. The van der Waals surface area contributed by atoms with Crippen LogP contribution >= 0.6 is 11.8 Å². The standard InChI is InChI=1S/C23H23FN4O2S/c24-18-9-7-16(8-10-18)13-26-21(29)15-31-22-19-5-1-2-6-20(19)28(23(30)27-22)14-17-4-3-11-25-12-17/h3-4,7-12H,1-2,5-6,13-15H2,(H,26,29). The largest absolute Gasteiger partial charge is 0.351 e. The molecule has 0 bridgehead atoms. The number of fused-ring (bicyclic) bond motifs is 1. The third-order valence-corrected chi connectivity index (χ3v) is 6.27. The number of nitrogens with one attached hydrogen (secondary N) is 1. The molecule has 0 radical (unpaired) electrons. The number of nitrogens with zero attached hydrogens (tertiary/aromatic N) is 3. The summed E-state index contributed by atoms with van der Waals surface area (Å²) in [4.78, 5) is 33.5. The molecular formula is C23H23FN4O2S. The van der Waals surface area contributed by atoms with Gasteiger partial charge >= 0.3 is 5.69 Å². The molecule has 0 saturated carbocycles. The number of thioether (sulfide) groups is 1. The third-order valence-electron chi connectivity index (χ3n) is 5.26. The number of hydrogen-bond acceptors (Lipinski definition) is 5. The summed E-state index contributed by atoms with van der Waals surface area (Å²) in [6.07, 6.45) is 7.24. The fraction of sp³-hybridized carbons (Fsp3) is 0.304. The summed E-state index contributed by atoms with van der Waals surface area (Å²) >= 11 is 1.30. The van der Waals surface area contributed by atoms with Gasteiger partial charge in [0.25, 0.3) is 0 Å². The van der Waals surface area contributed by atoms with Crippen molar-refractivity contribution >= 4 is 17.7 Å². The summed E-state index contributed by atoms with van der Waals surface area (Å²) in [6, 6.07) is 9.82. The molecule has 1 N–H and O–H groups in total. The minimum atomic E-state index is -0.306. The van der Waals surface area contributed by atoms with Gasteiger partial charge in [0.2, 0.25) is 5.91 Å². The highest BCUT2D eigenvalue weighted by Crippen LogP contribution is 2.28. The summed E-state index contributed by atoms with van der Waals surface area (Å²) in [7, 11) is 0. The van der Waals surface area contributed by atoms with Crippen LogP contribution in [0.25, 0.3) is 0 Å². The van der Waals surface area contributed by atoms with Crippen LogP contribution in [-0.2, 0) is 30.7 Å². The Labute approximate surface area is 183 Å². The van der Waals surface area contributed by atoms with Gasteiger partial charge in [-0.05, 0) is 55.0 Å². The smallest absolute Gasteiger partial charge is 0.349 e. The lowest BCUT2D eigenvalue weighted by Gasteiger charge is -2.22. The Kier molecular flexibility index (Phi) is 6.76. The average molecular weight is 439 g/mol. The fourth-order valence-corrected chi connectivity index (χ4v) is 4.60. The maximum atomic E-state index is 13.0. The molecule has 2 aromatic heterocycles. The van der Waals surface area contributed by atoms with Crippen molar-refractivity contribution in [1.29, 1.82) is 0 Å². The van der Waals surface area contributed by atoms with E-state index in [0.29, 0.717) is 18.1 Å². The van der Waals surface area contributed by atoms with Crippen molar-refractivity contribution in [2.75, 3.05) is 5.75 Å². The molecule has 3 aromatic rings. The van der Waals surface area contributed by atoms with Crippen LogP contribution in [0.3, 0.4) is 0 Å². The zero-order valence-corrected chi connectivity index (χ0v) is 17.8. The van der Waals surface area contributed by atoms with E-state index in [9.17, 15) is 14.0 Å². The predicted octanol–water partition coefficient (Wildman–Crippen LogP) is 3.11. The van der Waals surface area contributed by atoms with Crippen molar-refractivity contribution in [2.24, 2.45) is 0 Å². The first-order valence-corrected chi connectivity index (χ1v) is 11.2. The molecule has 160 valence electrons. The molecule has 8 heteroatoms. The summed E-state index contributed by atoms with van der Waals surface area (Å²) in [5, 5.41) is 3.48. The molecule has 1 amide bonds. The second kappa shape index (κ2) is 9.87. The van der Waals surface area contributed by atoms with Gasteiger partial charge in [0.1, 0.15) is 10.8 Å². The van der Waals surface area contributed by atoms with Gasteiger partial charge in [-0.1, -0.05) is 30.0 Å². The van der Waals surface area contributed by atoms with Crippen LogP contribution in [0.2, 0.25) is 0 Å². The summed E-state index contributed by atoms with van der Waals surface area (Å²) in [5.74, 6) is -0.285. The van der Waals surface area contributed by atoms with Crippen LogP contribution in [0.15, 0.2) is 58.6 Å². The van der Waals surface area contributed by atoms with E-state index in [0.717, 1.165) is 48.1 Å². The van der Waals surface area contributed by atoms with Gasteiger partial charge in [-0.25, -0.2) is 9.18 Å². The minimum Gasteiger partial charge on any atom is -0.351 e. The number of halogens is 1. The molecule has 4 rings (SSSR count). The van der Waals surface area contributed by atoms with Crippen LogP contribution < -0.4 is 11.0 Å². The van der Waals surface area contributed by atoms with Crippen molar-refractivity contribution in [3.05, 3.63) is 87.5 Å². The number of amides is 1. The quantitative estimate of drug-likeness (QED) is 0.453. The zero-order chi connectivity index (χ0) is 21.6. The van der Waals surface area contributed by atoms with Crippen LogP contribution in [-0.4, -0.2) is 26.2 Å². The molecule has 0 saturated heterocycles. The second-order valence-electron chi connectivity index (χ2n) is 7.47. The highest BCUT2D eigenvalue weighted by molar-refractivity contribution is 7.99. The van der Waals surface area contributed by atoms with Gasteiger partial charge in [0.15, 0.2) is 0 Å². The molecule has 0 spiro atoms. The van der Waals surface area contributed by atoms with Crippen LogP contribution in [0, 0.1) is 5.82 Å². The Bertz CT molecular complexity index is 1120. The summed E-state index contributed by atoms with van der Waals surface area (Å²) in [5.41, 5.74) is 3.59. The van der Waals surface area contributed by atoms with E-state index in [4.69, 9.17) is 0 Å². The van der Waals surface area contributed by atoms with Gasteiger partial charge in [0, 0.05) is 30.2 Å². The molecule has 0 unspecified atom stereocenters. The number of hydrogen-bond donors (Lipinski definition) is 1.